The van der Waals surface area contributed by atoms with E-state index in [2.05, 4.69) is 148 Å². The zero-order valence-corrected chi connectivity index (χ0v) is 22.7. The van der Waals surface area contributed by atoms with Gasteiger partial charge in [0.25, 0.3) is 0 Å². The predicted molar refractivity (Wildman–Crippen MR) is 162 cm³/mol. The summed E-state index contributed by atoms with van der Waals surface area (Å²) in [6.07, 6.45) is 1.94. The SMILES string of the molecule is CN1C(=C(c2ccccc2)c2ccccc2)N(C)c2c1ccnc2-c1cc(C(C)(C)C)c2ccccc2c1. The summed E-state index contributed by atoms with van der Waals surface area (Å²) >= 11 is 0. The van der Waals surface area contributed by atoms with Crippen LogP contribution in [0.2, 0.25) is 0 Å². The molecular formula is C35H33N3. The molecule has 6 rings (SSSR count). The van der Waals surface area contributed by atoms with Crippen LogP contribution >= 0.6 is 0 Å². The summed E-state index contributed by atoms with van der Waals surface area (Å²) in [4.78, 5) is 9.61. The third kappa shape index (κ3) is 3.95. The van der Waals surface area contributed by atoms with Crippen molar-refractivity contribution < 1.29 is 0 Å². The second kappa shape index (κ2) is 9.18. The third-order valence-corrected chi connectivity index (χ3v) is 7.53. The first kappa shape index (κ1) is 24.0. The Kier molecular flexibility index (Phi) is 5.80. The summed E-state index contributed by atoms with van der Waals surface area (Å²) in [5, 5.41) is 2.55. The minimum absolute atomic E-state index is 0.00904. The highest BCUT2D eigenvalue weighted by Gasteiger charge is 2.33. The van der Waals surface area contributed by atoms with Gasteiger partial charge in [-0.15, -0.1) is 0 Å². The minimum Gasteiger partial charge on any atom is -0.328 e. The topological polar surface area (TPSA) is 19.4 Å². The summed E-state index contributed by atoms with van der Waals surface area (Å²) in [6, 6.07) is 36.8. The van der Waals surface area contributed by atoms with E-state index in [4.69, 9.17) is 4.98 Å². The Labute approximate surface area is 225 Å². The van der Waals surface area contributed by atoms with Crippen LogP contribution in [-0.4, -0.2) is 19.1 Å². The fourth-order valence-electron chi connectivity index (χ4n) is 5.74. The van der Waals surface area contributed by atoms with E-state index in [-0.39, 0.29) is 5.41 Å². The molecule has 188 valence electrons. The van der Waals surface area contributed by atoms with E-state index in [0.717, 1.165) is 28.5 Å². The van der Waals surface area contributed by atoms with Crippen LogP contribution in [0.4, 0.5) is 11.4 Å². The van der Waals surface area contributed by atoms with Gasteiger partial charge < -0.3 is 9.80 Å². The molecule has 0 saturated heterocycles. The molecule has 0 spiro atoms. The van der Waals surface area contributed by atoms with Crippen LogP contribution < -0.4 is 9.80 Å². The number of nitrogens with zero attached hydrogens (tertiary/aromatic N) is 3. The monoisotopic (exact) mass is 495 g/mol. The Hall–Kier alpha value is -4.37. The number of hydrogen-bond acceptors (Lipinski definition) is 3. The van der Waals surface area contributed by atoms with Crippen molar-refractivity contribution >= 4 is 27.7 Å². The fourth-order valence-corrected chi connectivity index (χ4v) is 5.74. The quantitative estimate of drug-likeness (QED) is 0.250. The molecule has 0 N–H and O–H groups in total. The zero-order chi connectivity index (χ0) is 26.4. The lowest BCUT2D eigenvalue weighted by atomic mass is 9.82. The van der Waals surface area contributed by atoms with Gasteiger partial charge in [0.1, 0.15) is 5.82 Å². The lowest BCUT2D eigenvalue weighted by Gasteiger charge is -2.25. The molecule has 0 fully saturated rings. The third-order valence-electron chi connectivity index (χ3n) is 7.53. The molecular weight excluding hydrogens is 462 g/mol. The van der Waals surface area contributed by atoms with Crippen molar-refractivity contribution in [3.05, 3.63) is 132 Å². The maximum atomic E-state index is 4.98. The van der Waals surface area contributed by atoms with Crippen LogP contribution in [0.1, 0.15) is 37.5 Å². The molecule has 0 amide bonds. The number of hydrogen-bond donors (Lipinski definition) is 0. The molecule has 5 aromatic rings. The van der Waals surface area contributed by atoms with Crippen molar-refractivity contribution in [2.75, 3.05) is 23.9 Å². The molecule has 3 nitrogen and oxygen atoms in total. The highest BCUT2D eigenvalue weighted by Crippen LogP contribution is 2.48. The molecule has 1 aromatic heterocycles. The van der Waals surface area contributed by atoms with Gasteiger partial charge in [0, 0.05) is 31.4 Å². The van der Waals surface area contributed by atoms with E-state index in [0.29, 0.717) is 0 Å². The number of pyridine rings is 1. The van der Waals surface area contributed by atoms with Crippen LogP contribution in [0.25, 0.3) is 27.6 Å². The van der Waals surface area contributed by atoms with E-state index in [9.17, 15) is 0 Å². The maximum Gasteiger partial charge on any atom is 0.121 e. The number of aromatic nitrogens is 1. The Balaban J connectivity index is 1.60. The highest BCUT2D eigenvalue weighted by molar-refractivity contribution is 6.00. The molecule has 0 unspecified atom stereocenters. The smallest absolute Gasteiger partial charge is 0.121 e. The molecule has 0 bridgehead atoms. The van der Waals surface area contributed by atoms with E-state index < -0.39 is 0 Å². The molecule has 38 heavy (non-hydrogen) atoms. The van der Waals surface area contributed by atoms with Gasteiger partial charge in [-0.3, -0.25) is 4.98 Å². The standard InChI is InChI=1S/C35H33N3/c1-35(2,3)29-23-27(22-26-18-12-13-19-28(26)29)32-33-30(20-21-36-32)37(4)34(38(33)5)31(24-14-8-6-9-15-24)25-16-10-7-11-17-25/h6-23H,1-5H3. The second-order valence-corrected chi connectivity index (χ2v) is 11.1. The van der Waals surface area contributed by atoms with E-state index in [1.165, 1.54) is 33.0 Å². The minimum atomic E-state index is 0.00904. The van der Waals surface area contributed by atoms with Gasteiger partial charge in [0.2, 0.25) is 0 Å². The lowest BCUT2D eigenvalue weighted by Crippen LogP contribution is -2.24. The molecule has 2 heterocycles. The summed E-state index contributed by atoms with van der Waals surface area (Å²) in [5.41, 5.74) is 9.36. The molecule has 0 aliphatic carbocycles. The van der Waals surface area contributed by atoms with Crippen molar-refractivity contribution in [1.29, 1.82) is 0 Å². The average Bonchev–Trinajstić information content (AvgIpc) is 3.19. The molecule has 3 heteroatoms. The van der Waals surface area contributed by atoms with Gasteiger partial charge in [-0.05, 0) is 51.1 Å². The molecule has 4 aromatic carbocycles. The first-order chi connectivity index (χ1) is 18.3. The van der Waals surface area contributed by atoms with Gasteiger partial charge in [-0.25, -0.2) is 0 Å². The molecule has 1 aliphatic rings. The average molecular weight is 496 g/mol. The van der Waals surface area contributed by atoms with Gasteiger partial charge in [-0.1, -0.05) is 106 Å². The van der Waals surface area contributed by atoms with Crippen molar-refractivity contribution in [2.24, 2.45) is 0 Å². The Bertz CT molecular complexity index is 1620. The number of anilines is 2. The Morgan fingerprint density at radius 2 is 1.29 bits per heavy atom. The number of fused-ring (bicyclic) bond motifs is 2. The van der Waals surface area contributed by atoms with Crippen molar-refractivity contribution in [3.8, 4) is 11.3 Å². The molecule has 0 radical (unpaired) electrons. The first-order valence-electron chi connectivity index (χ1n) is 13.2. The van der Waals surface area contributed by atoms with Crippen LogP contribution in [0.3, 0.4) is 0 Å². The fraction of sp³-hybridized carbons (Fsp3) is 0.171. The van der Waals surface area contributed by atoms with Crippen LogP contribution in [-0.2, 0) is 5.41 Å². The number of rotatable bonds is 3. The number of benzene rings is 4. The van der Waals surface area contributed by atoms with Gasteiger partial charge in [-0.2, -0.15) is 0 Å². The van der Waals surface area contributed by atoms with Gasteiger partial charge in [0.05, 0.1) is 17.1 Å². The normalized spacial score (nSPS) is 13.2. The summed E-state index contributed by atoms with van der Waals surface area (Å²) < 4.78 is 0. The van der Waals surface area contributed by atoms with Crippen LogP contribution in [0.15, 0.2) is 115 Å². The lowest BCUT2D eigenvalue weighted by molar-refractivity contribution is 0.596. The summed E-state index contributed by atoms with van der Waals surface area (Å²) in [5.74, 6) is 1.14. The molecule has 1 aliphatic heterocycles. The summed E-state index contributed by atoms with van der Waals surface area (Å²) in [6.45, 7) is 6.86. The van der Waals surface area contributed by atoms with Crippen molar-refractivity contribution in [3.63, 3.8) is 0 Å². The van der Waals surface area contributed by atoms with E-state index in [1.807, 2.05) is 6.20 Å². The van der Waals surface area contributed by atoms with Crippen LogP contribution in [0.5, 0.6) is 0 Å². The van der Waals surface area contributed by atoms with Crippen LogP contribution in [0, 0.1) is 0 Å². The van der Waals surface area contributed by atoms with Crippen molar-refractivity contribution in [2.45, 2.75) is 26.2 Å². The van der Waals surface area contributed by atoms with E-state index >= 15 is 0 Å². The second-order valence-electron chi connectivity index (χ2n) is 11.1. The Morgan fingerprint density at radius 3 is 1.92 bits per heavy atom. The predicted octanol–water partition coefficient (Wildman–Crippen LogP) is 8.50. The Morgan fingerprint density at radius 1 is 0.684 bits per heavy atom. The van der Waals surface area contributed by atoms with Gasteiger partial charge in [0.15, 0.2) is 0 Å². The summed E-state index contributed by atoms with van der Waals surface area (Å²) in [7, 11) is 4.33. The first-order valence-corrected chi connectivity index (χ1v) is 13.2. The zero-order valence-electron chi connectivity index (χ0n) is 22.7. The largest absolute Gasteiger partial charge is 0.328 e. The highest BCUT2D eigenvalue weighted by atomic mass is 15.4. The van der Waals surface area contributed by atoms with Crippen molar-refractivity contribution in [1.82, 2.24) is 4.98 Å². The molecule has 0 saturated carbocycles. The maximum absolute atomic E-state index is 4.98. The molecule has 0 atom stereocenters. The van der Waals surface area contributed by atoms with E-state index in [1.54, 1.807) is 0 Å². The van der Waals surface area contributed by atoms with Gasteiger partial charge >= 0.3 is 0 Å².